The van der Waals surface area contributed by atoms with Gasteiger partial charge in [0.15, 0.2) is 0 Å². The molecule has 8 heteroatoms. The van der Waals surface area contributed by atoms with Gasteiger partial charge in [0.1, 0.15) is 0 Å². The third kappa shape index (κ3) is 2.54. The Morgan fingerprint density at radius 2 is 2.12 bits per heavy atom. The van der Waals surface area contributed by atoms with Gasteiger partial charge in [-0.3, -0.25) is 4.90 Å². The van der Waals surface area contributed by atoms with Gasteiger partial charge in [-0.2, -0.15) is 12.8 Å². The minimum Gasteiger partial charge on any atom is -0.478 e. The number of piperazine rings is 1. The van der Waals surface area contributed by atoms with Gasteiger partial charge in [0.05, 0.1) is 16.7 Å². The first-order valence-electron chi connectivity index (χ1n) is 5.20. The van der Waals surface area contributed by atoms with E-state index in [2.05, 4.69) is 9.71 Å². The Balaban J connectivity index is 2.22. The molecule has 94 valence electrons. The average molecular weight is 259 g/mol. The number of rotatable bonds is 3. The number of nitrogens with one attached hydrogen (secondary N) is 1. The molecular weight excluding hydrogens is 246 g/mol. The summed E-state index contributed by atoms with van der Waals surface area (Å²) in [6.45, 7) is 3.07. The van der Waals surface area contributed by atoms with E-state index in [1.54, 1.807) is 0 Å². The van der Waals surface area contributed by atoms with Crippen LogP contribution < -0.4 is 5.32 Å². The van der Waals surface area contributed by atoms with Gasteiger partial charge in [-0.25, -0.2) is 4.79 Å². The van der Waals surface area contributed by atoms with Gasteiger partial charge in [0.2, 0.25) is 0 Å². The molecule has 0 amide bonds. The lowest BCUT2D eigenvalue weighted by atomic mass is 10.2. The summed E-state index contributed by atoms with van der Waals surface area (Å²) in [4.78, 5) is 12.7. The molecule has 0 aromatic heterocycles. The highest BCUT2D eigenvalue weighted by molar-refractivity contribution is 7.94. The number of nitrogens with zero attached hydrogens (tertiary/aromatic N) is 2. The summed E-state index contributed by atoms with van der Waals surface area (Å²) in [5.74, 6) is -1.25. The molecule has 7 nitrogen and oxygen atoms in total. The Kier molecular flexibility index (Phi) is 3.27. The molecule has 0 saturated carbocycles. The van der Waals surface area contributed by atoms with E-state index in [0.29, 0.717) is 13.1 Å². The maximum Gasteiger partial charge on any atom is 0.338 e. The SMILES string of the molecule is O=C(O)C1=C(CN2CCNCC2)S(=O)(=O)N=C1. The van der Waals surface area contributed by atoms with Crippen LogP contribution in [-0.4, -0.2) is 63.3 Å². The molecule has 0 spiro atoms. The Morgan fingerprint density at radius 1 is 1.47 bits per heavy atom. The number of hydrogen-bond acceptors (Lipinski definition) is 5. The molecule has 2 N–H and O–H groups in total. The van der Waals surface area contributed by atoms with Crippen molar-refractivity contribution in [1.29, 1.82) is 0 Å². The van der Waals surface area contributed by atoms with Crippen LogP contribution in [0.15, 0.2) is 14.9 Å². The number of hydrogen-bond donors (Lipinski definition) is 2. The van der Waals surface area contributed by atoms with Crippen molar-refractivity contribution in [3.8, 4) is 0 Å². The van der Waals surface area contributed by atoms with Gasteiger partial charge in [0, 0.05) is 32.7 Å². The Labute approximate surface area is 98.9 Å². The smallest absolute Gasteiger partial charge is 0.338 e. The second kappa shape index (κ2) is 4.55. The van der Waals surface area contributed by atoms with Crippen LogP contribution >= 0.6 is 0 Å². The van der Waals surface area contributed by atoms with Gasteiger partial charge in [0.25, 0.3) is 10.0 Å². The van der Waals surface area contributed by atoms with Crippen LogP contribution in [-0.2, 0) is 14.8 Å². The van der Waals surface area contributed by atoms with E-state index in [-0.39, 0.29) is 17.0 Å². The second-order valence-electron chi connectivity index (χ2n) is 3.88. The third-order valence-corrected chi connectivity index (χ3v) is 4.09. The van der Waals surface area contributed by atoms with Crippen molar-refractivity contribution >= 4 is 22.2 Å². The van der Waals surface area contributed by atoms with Gasteiger partial charge >= 0.3 is 5.97 Å². The summed E-state index contributed by atoms with van der Waals surface area (Å²) in [7, 11) is -3.77. The van der Waals surface area contributed by atoms with Gasteiger partial charge in [-0.15, -0.1) is 0 Å². The topological polar surface area (TPSA) is 99.1 Å². The van der Waals surface area contributed by atoms with E-state index in [1.165, 1.54) is 0 Å². The molecule has 0 bridgehead atoms. The van der Waals surface area contributed by atoms with Crippen LogP contribution in [0.3, 0.4) is 0 Å². The van der Waals surface area contributed by atoms with Crippen LogP contribution in [0.1, 0.15) is 0 Å². The number of carboxylic acid groups (broad SMARTS) is 1. The zero-order valence-electron chi connectivity index (χ0n) is 9.09. The van der Waals surface area contributed by atoms with Gasteiger partial charge < -0.3 is 10.4 Å². The van der Waals surface area contributed by atoms with E-state index in [0.717, 1.165) is 19.3 Å². The van der Waals surface area contributed by atoms with Crippen molar-refractivity contribution in [2.45, 2.75) is 0 Å². The van der Waals surface area contributed by atoms with Crippen molar-refractivity contribution in [3.63, 3.8) is 0 Å². The van der Waals surface area contributed by atoms with Crippen LogP contribution in [0.4, 0.5) is 0 Å². The lowest BCUT2D eigenvalue weighted by Crippen LogP contribution is -2.44. The van der Waals surface area contributed by atoms with Crippen LogP contribution in [0.2, 0.25) is 0 Å². The largest absolute Gasteiger partial charge is 0.478 e. The van der Waals surface area contributed by atoms with Gasteiger partial charge in [-0.1, -0.05) is 0 Å². The maximum absolute atomic E-state index is 11.6. The molecule has 0 radical (unpaired) electrons. The molecule has 17 heavy (non-hydrogen) atoms. The van der Waals surface area contributed by atoms with Crippen molar-refractivity contribution in [3.05, 3.63) is 10.5 Å². The molecular formula is C9H13N3O4S. The van der Waals surface area contributed by atoms with Crippen LogP contribution in [0, 0.1) is 0 Å². The third-order valence-electron chi connectivity index (χ3n) is 2.74. The van der Waals surface area contributed by atoms with Gasteiger partial charge in [-0.05, 0) is 0 Å². The van der Waals surface area contributed by atoms with E-state index >= 15 is 0 Å². The summed E-state index contributed by atoms with van der Waals surface area (Å²) < 4.78 is 26.4. The molecule has 0 atom stereocenters. The molecule has 2 rings (SSSR count). The molecule has 0 unspecified atom stereocenters. The fourth-order valence-corrected chi connectivity index (χ4v) is 2.95. The molecule has 0 aliphatic carbocycles. The highest BCUT2D eigenvalue weighted by Gasteiger charge is 2.31. The Morgan fingerprint density at radius 3 is 2.71 bits per heavy atom. The first-order chi connectivity index (χ1) is 8.00. The summed E-state index contributed by atoms with van der Waals surface area (Å²) >= 11 is 0. The highest BCUT2D eigenvalue weighted by Crippen LogP contribution is 2.21. The minimum atomic E-state index is -3.77. The molecule has 2 heterocycles. The first-order valence-corrected chi connectivity index (χ1v) is 6.64. The van der Waals surface area contributed by atoms with E-state index in [1.807, 2.05) is 4.90 Å². The summed E-state index contributed by atoms with van der Waals surface area (Å²) in [6, 6.07) is 0. The van der Waals surface area contributed by atoms with E-state index in [4.69, 9.17) is 5.11 Å². The number of aliphatic carboxylic acids is 1. The number of sulfonamides is 1. The monoisotopic (exact) mass is 259 g/mol. The predicted octanol–water partition coefficient (Wildman–Crippen LogP) is -1.36. The summed E-state index contributed by atoms with van der Waals surface area (Å²) in [5.41, 5.74) is -0.219. The van der Waals surface area contributed by atoms with Crippen molar-refractivity contribution in [2.75, 3.05) is 32.7 Å². The molecule has 0 aromatic carbocycles. The average Bonchev–Trinajstić information content (AvgIpc) is 2.56. The zero-order chi connectivity index (χ0) is 12.5. The highest BCUT2D eigenvalue weighted by atomic mass is 32.2. The molecule has 1 fully saturated rings. The fraction of sp³-hybridized carbons (Fsp3) is 0.556. The first kappa shape index (κ1) is 12.2. The molecule has 2 aliphatic rings. The normalized spacial score (nSPS) is 24.2. The quantitative estimate of drug-likeness (QED) is 0.650. The molecule has 2 aliphatic heterocycles. The summed E-state index contributed by atoms with van der Waals surface area (Å²) in [5, 5.41) is 12.0. The lowest BCUT2D eigenvalue weighted by molar-refractivity contribution is -0.132. The molecule has 0 aromatic rings. The Bertz CT molecular complexity index is 488. The fourth-order valence-electron chi connectivity index (χ4n) is 1.81. The zero-order valence-corrected chi connectivity index (χ0v) is 9.90. The Hall–Kier alpha value is -1.25. The van der Waals surface area contributed by atoms with E-state index in [9.17, 15) is 13.2 Å². The van der Waals surface area contributed by atoms with E-state index < -0.39 is 16.0 Å². The summed E-state index contributed by atoms with van der Waals surface area (Å²) in [6.07, 6.45) is 0.912. The second-order valence-corrected chi connectivity index (χ2v) is 5.53. The van der Waals surface area contributed by atoms with Crippen molar-refractivity contribution < 1.29 is 18.3 Å². The van der Waals surface area contributed by atoms with Crippen molar-refractivity contribution in [2.24, 2.45) is 4.40 Å². The molecule has 1 saturated heterocycles. The minimum absolute atomic E-state index is 0.105. The van der Waals surface area contributed by atoms with Crippen molar-refractivity contribution in [1.82, 2.24) is 10.2 Å². The predicted molar refractivity (Wildman–Crippen MR) is 61.4 cm³/mol. The maximum atomic E-state index is 11.6. The lowest BCUT2D eigenvalue weighted by Gasteiger charge is -2.27. The van der Waals surface area contributed by atoms with Crippen LogP contribution in [0.5, 0.6) is 0 Å². The van der Waals surface area contributed by atoms with Crippen LogP contribution in [0.25, 0.3) is 0 Å². The number of carboxylic acids is 1. The number of carbonyl (C=O) groups is 1. The standard InChI is InChI=1S/C9H13N3O4S/c13-9(14)7-5-11-17(15,16)8(7)6-12-3-1-10-2-4-12/h5,10H,1-4,6H2,(H,13,14).